The van der Waals surface area contributed by atoms with Crippen LogP contribution in [0.15, 0.2) is 30.3 Å². The molecule has 0 saturated carbocycles. The van der Waals surface area contributed by atoms with E-state index in [0.717, 1.165) is 5.56 Å². The smallest absolute Gasteiger partial charge is 0.312 e. The molecule has 8 nitrogen and oxygen atoms in total. The Kier molecular flexibility index (Phi) is 6.26. The molecule has 0 aliphatic carbocycles. The summed E-state index contributed by atoms with van der Waals surface area (Å²) in [6.07, 6.45) is 1.44. The van der Waals surface area contributed by atoms with Gasteiger partial charge in [0.25, 0.3) is 0 Å². The molecule has 2 bridgehead atoms. The van der Waals surface area contributed by atoms with Crippen LogP contribution in [0.2, 0.25) is 0 Å². The van der Waals surface area contributed by atoms with Crippen molar-refractivity contribution in [2.75, 3.05) is 13.2 Å². The largest absolute Gasteiger partial charge is 0.466 e. The van der Waals surface area contributed by atoms with Crippen molar-refractivity contribution in [1.82, 2.24) is 10.2 Å². The Balaban J connectivity index is 1.77. The SMILES string of the molecule is CCOC(=O)[C@H]1[C@H]2C(=O)N([C@@H](CO)Cc3ccccc3)C(C(=O)NC(C)C)C23CC[C@]1(C)O3. The zero-order chi connectivity index (χ0) is 24.0. The van der Waals surface area contributed by atoms with E-state index in [0.29, 0.717) is 19.3 Å². The molecule has 2 amide bonds. The number of hydrogen-bond donors (Lipinski definition) is 2. The van der Waals surface area contributed by atoms with Crippen molar-refractivity contribution in [3.8, 4) is 0 Å². The minimum atomic E-state index is -1.12. The lowest BCUT2D eigenvalue weighted by molar-refractivity contribution is -0.160. The third kappa shape index (κ3) is 3.73. The molecule has 6 atom stereocenters. The summed E-state index contributed by atoms with van der Waals surface area (Å²) in [5, 5.41) is 13.3. The van der Waals surface area contributed by atoms with E-state index in [2.05, 4.69) is 5.32 Å². The average Bonchev–Trinajstić information content (AvgIpc) is 3.33. The van der Waals surface area contributed by atoms with Crippen LogP contribution in [-0.2, 0) is 30.3 Å². The van der Waals surface area contributed by atoms with Crippen LogP contribution < -0.4 is 5.32 Å². The Morgan fingerprint density at radius 3 is 2.58 bits per heavy atom. The predicted octanol–water partition coefficient (Wildman–Crippen LogP) is 1.44. The van der Waals surface area contributed by atoms with E-state index < -0.39 is 41.1 Å². The quantitative estimate of drug-likeness (QED) is 0.571. The molecular weight excluding hydrogens is 424 g/mol. The summed E-state index contributed by atoms with van der Waals surface area (Å²) < 4.78 is 11.8. The summed E-state index contributed by atoms with van der Waals surface area (Å²) >= 11 is 0. The lowest BCUT2D eigenvalue weighted by Gasteiger charge is -2.37. The molecule has 8 heteroatoms. The molecule has 3 heterocycles. The highest BCUT2D eigenvalue weighted by molar-refractivity contribution is 5.98. The first-order chi connectivity index (χ1) is 15.7. The second kappa shape index (κ2) is 8.72. The van der Waals surface area contributed by atoms with E-state index in [1.165, 1.54) is 4.90 Å². The standard InChI is InChI=1S/C25H34N2O6/c1-5-32-23(31)19-18-22(30)27(17(14-28)13-16-9-7-6-8-10-16)20(21(29)26-15(2)3)25(18)12-11-24(19,4)33-25/h6-10,15,17-20,28H,5,11-14H2,1-4H3,(H,26,29)/t17-,18+,19-,20?,24+,25?/m1/s1. The van der Waals surface area contributed by atoms with Crippen LogP contribution in [0.3, 0.4) is 0 Å². The van der Waals surface area contributed by atoms with Gasteiger partial charge in [-0.05, 0) is 52.5 Å². The number of likely N-dealkylation sites (tertiary alicyclic amines) is 1. The number of aliphatic hydroxyl groups excluding tert-OH is 1. The summed E-state index contributed by atoms with van der Waals surface area (Å²) in [4.78, 5) is 42.0. The van der Waals surface area contributed by atoms with Gasteiger partial charge in [0.1, 0.15) is 17.6 Å². The fraction of sp³-hybridized carbons (Fsp3) is 0.640. The van der Waals surface area contributed by atoms with Crippen LogP contribution in [0, 0.1) is 11.8 Å². The normalized spacial score (nSPS) is 33.3. The highest BCUT2D eigenvalue weighted by atomic mass is 16.6. The first kappa shape index (κ1) is 23.7. The summed E-state index contributed by atoms with van der Waals surface area (Å²) in [5.74, 6) is -2.71. The Bertz CT molecular complexity index is 921. The molecule has 1 aromatic rings. The van der Waals surface area contributed by atoms with E-state index in [1.807, 2.05) is 51.1 Å². The van der Waals surface area contributed by atoms with Crippen molar-refractivity contribution in [2.24, 2.45) is 11.8 Å². The maximum Gasteiger partial charge on any atom is 0.312 e. The lowest BCUT2D eigenvalue weighted by Crippen LogP contribution is -2.59. The maximum absolute atomic E-state index is 14.0. The molecule has 0 aromatic heterocycles. The number of carbonyl (C=O) groups is 3. The third-order valence-electron chi connectivity index (χ3n) is 7.35. The number of rotatable bonds is 8. The number of esters is 1. The topological polar surface area (TPSA) is 105 Å². The number of ether oxygens (including phenoxy) is 2. The third-order valence-corrected chi connectivity index (χ3v) is 7.35. The van der Waals surface area contributed by atoms with Crippen LogP contribution in [-0.4, -0.2) is 70.3 Å². The second-order valence-electron chi connectivity index (χ2n) is 9.91. The number of nitrogens with zero attached hydrogens (tertiary/aromatic N) is 1. The molecule has 4 rings (SSSR count). The molecule has 3 fully saturated rings. The minimum absolute atomic E-state index is 0.137. The van der Waals surface area contributed by atoms with Crippen molar-refractivity contribution < 1.29 is 29.0 Å². The molecule has 2 unspecified atom stereocenters. The molecular formula is C25H34N2O6. The first-order valence-corrected chi connectivity index (χ1v) is 11.8. The zero-order valence-corrected chi connectivity index (χ0v) is 19.7. The van der Waals surface area contributed by atoms with Gasteiger partial charge in [0.15, 0.2) is 0 Å². The van der Waals surface area contributed by atoms with Crippen molar-refractivity contribution in [2.45, 2.75) is 76.3 Å². The van der Waals surface area contributed by atoms with Gasteiger partial charge in [-0.3, -0.25) is 14.4 Å². The van der Waals surface area contributed by atoms with E-state index in [-0.39, 0.29) is 31.1 Å². The number of benzene rings is 1. The summed E-state index contributed by atoms with van der Waals surface area (Å²) in [6.45, 7) is 7.18. The minimum Gasteiger partial charge on any atom is -0.466 e. The van der Waals surface area contributed by atoms with Crippen LogP contribution in [0.25, 0.3) is 0 Å². The fourth-order valence-corrected chi connectivity index (χ4v) is 6.15. The Morgan fingerprint density at radius 2 is 1.97 bits per heavy atom. The highest BCUT2D eigenvalue weighted by Gasteiger charge is 2.78. The number of nitrogens with one attached hydrogen (secondary N) is 1. The fourth-order valence-electron chi connectivity index (χ4n) is 6.15. The molecule has 180 valence electrons. The molecule has 33 heavy (non-hydrogen) atoms. The van der Waals surface area contributed by atoms with Gasteiger partial charge in [0.2, 0.25) is 11.8 Å². The number of carbonyl (C=O) groups excluding carboxylic acids is 3. The lowest BCUT2D eigenvalue weighted by atomic mass is 9.66. The second-order valence-corrected chi connectivity index (χ2v) is 9.91. The average molecular weight is 459 g/mol. The Hall–Kier alpha value is -2.45. The van der Waals surface area contributed by atoms with Crippen LogP contribution in [0.4, 0.5) is 0 Å². The van der Waals surface area contributed by atoms with Gasteiger partial charge in [-0.2, -0.15) is 0 Å². The Labute approximate surface area is 194 Å². The van der Waals surface area contributed by atoms with E-state index in [9.17, 15) is 19.5 Å². The molecule has 3 aliphatic heterocycles. The van der Waals surface area contributed by atoms with Crippen LogP contribution >= 0.6 is 0 Å². The molecule has 1 spiro atoms. The predicted molar refractivity (Wildman–Crippen MR) is 120 cm³/mol. The zero-order valence-electron chi connectivity index (χ0n) is 19.7. The van der Waals surface area contributed by atoms with Gasteiger partial charge in [-0.1, -0.05) is 30.3 Å². The number of hydrogen-bond acceptors (Lipinski definition) is 6. The summed E-state index contributed by atoms with van der Waals surface area (Å²) in [6, 6.07) is 7.86. The van der Waals surface area contributed by atoms with Crippen molar-refractivity contribution in [3.63, 3.8) is 0 Å². The summed E-state index contributed by atoms with van der Waals surface area (Å²) in [7, 11) is 0. The van der Waals surface area contributed by atoms with E-state index in [4.69, 9.17) is 9.47 Å². The van der Waals surface area contributed by atoms with Gasteiger partial charge in [0, 0.05) is 6.04 Å². The first-order valence-electron chi connectivity index (χ1n) is 11.8. The van der Waals surface area contributed by atoms with Gasteiger partial charge < -0.3 is 24.8 Å². The van der Waals surface area contributed by atoms with Crippen molar-refractivity contribution in [1.29, 1.82) is 0 Å². The van der Waals surface area contributed by atoms with Gasteiger partial charge in [-0.15, -0.1) is 0 Å². The highest BCUT2D eigenvalue weighted by Crippen LogP contribution is 2.63. The molecule has 2 N–H and O–H groups in total. The van der Waals surface area contributed by atoms with Crippen LogP contribution in [0.1, 0.15) is 46.1 Å². The van der Waals surface area contributed by atoms with Crippen LogP contribution in [0.5, 0.6) is 0 Å². The van der Waals surface area contributed by atoms with Crippen molar-refractivity contribution >= 4 is 17.8 Å². The number of aliphatic hydroxyl groups is 1. The van der Waals surface area contributed by atoms with Gasteiger partial charge in [-0.25, -0.2) is 0 Å². The van der Waals surface area contributed by atoms with Crippen molar-refractivity contribution in [3.05, 3.63) is 35.9 Å². The van der Waals surface area contributed by atoms with E-state index >= 15 is 0 Å². The Morgan fingerprint density at radius 1 is 1.27 bits per heavy atom. The molecule has 3 saturated heterocycles. The molecule has 0 radical (unpaired) electrons. The monoisotopic (exact) mass is 458 g/mol. The van der Waals surface area contributed by atoms with Gasteiger partial charge in [0.05, 0.1) is 30.8 Å². The maximum atomic E-state index is 14.0. The number of amides is 2. The number of fused-ring (bicyclic) bond motifs is 1. The van der Waals surface area contributed by atoms with Gasteiger partial charge >= 0.3 is 5.97 Å². The molecule has 3 aliphatic rings. The van der Waals surface area contributed by atoms with E-state index in [1.54, 1.807) is 6.92 Å². The summed E-state index contributed by atoms with van der Waals surface area (Å²) in [5.41, 5.74) is -1.03. The molecule has 1 aromatic carbocycles.